The van der Waals surface area contributed by atoms with Gasteiger partial charge in [-0.1, -0.05) is 24.3 Å². The van der Waals surface area contributed by atoms with E-state index >= 15 is 0 Å². The molecule has 6 nitrogen and oxygen atoms in total. The number of para-hydroxylation sites is 2. The first kappa shape index (κ1) is 14.2. The maximum atomic E-state index is 10.7. The van der Waals surface area contributed by atoms with Crippen LogP contribution in [0.15, 0.2) is 48.5 Å². The number of hydrogen-bond acceptors (Lipinski definition) is 4. The highest BCUT2D eigenvalue weighted by Crippen LogP contribution is 2.22. The standard InChI is InChI=1S/C16H15N3O3/c1-11(20)16-17-14-4-2-3-5-15(14)18(16)10-12-6-8-13(9-7-12)19(21)22/h2-9,11,20H,10H2,1H3/t11-/m1/s1. The number of aromatic nitrogens is 2. The number of nitro groups is 1. The van der Waals surface area contributed by atoms with Gasteiger partial charge in [0.05, 0.1) is 16.0 Å². The zero-order chi connectivity index (χ0) is 15.7. The van der Waals surface area contributed by atoms with E-state index in [1.807, 2.05) is 28.8 Å². The lowest BCUT2D eigenvalue weighted by Crippen LogP contribution is -2.08. The summed E-state index contributed by atoms with van der Waals surface area (Å²) in [6.07, 6.45) is -0.689. The van der Waals surface area contributed by atoms with Crippen molar-refractivity contribution in [2.24, 2.45) is 0 Å². The van der Waals surface area contributed by atoms with Crippen LogP contribution in [0, 0.1) is 10.1 Å². The molecule has 0 amide bonds. The van der Waals surface area contributed by atoms with Crippen LogP contribution in [0.25, 0.3) is 11.0 Å². The zero-order valence-electron chi connectivity index (χ0n) is 12.0. The second kappa shape index (κ2) is 5.57. The van der Waals surface area contributed by atoms with Crippen LogP contribution >= 0.6 is 0 Å². The minimum Gasteiger partial charge on any atom is -0.385 e. The first-order valence-corrected chi connectivity index (χ1v) is 6.93. The molecule has 0 aliphatic carbocycles. The molecule has 1 aromatic heterocycles. The molecule has 2 aromatic carbocycles. The molecule has 1 N–H and O–H groups in total. The van der Waals surface area contributed by atoms with Crippen molar-refractivity contribution in [2.45, 2.75) is 19.6 Å². The Labute approximate surface area is 126 Å². The predicted molar refractivity (Wildman–Crippen MR) is 82.6 cm³/mol. The van der Waals surface area contributed by atoms with Gasteiger partial charge in [0.15, 0.2) is 0 Å². The van der Waals surface area contributed by atoms with Gasteiger partial charge in [0, 0.05) is 18.7 Å². The second-order valence-electron chi connectivity index (χ2n) is 5.14. The second-order valence-corrected chi connectivity index (χ2v) is 5.14. The summed E-state index contributed by atoms with van der Waals surface area (Å²) >= 11 is 0. The highest BCUT2D eigenvalue weighted by Gasteiger charge is 2.15. The molecule has 22 heavy (non-hydrogen) atoms. The van der Waals surface area contributed by atoms with E-state index in [0.29, 0.717) is 12.4 Å². The number of nitro benzene ring substituents is 1. The number of fused-ring (bicyclic) bond motifs is 1. The minimum atomic E-state index is -0.689. The van der Waals surface area contributed by atoms with E-state index < -0.39 is 11.0 Å². The van der Waals surface area contributed by atoms with Gasteiger partial charge in [-0.05, 0) is 24.6 Å². The third-order valence-electron chi connectivity index (χ3n) is 3.55. The molecule has 0 aliphatic heterocycles. The van der Waals surface area contributed by atoms with Gasteiger partial charge in [-0.2, -0.15) is 0 Å². The Morgan fingerprint density at radius 2 is 1.91 bits per heavy atom. The SMILES string of the molecule is C[C@@H](O)c1nc2ccccc2n1Cc1ccc([N+](=O)[O-])cc1. The van der Waals surface area contributed by atoms with Gasteiger partial charge in [0.25, 0.3) is 5.69 Å². The third kappa shape index (κ3) is 2.56. The van der Waals surface area contributed by atoms with Gasteiger partial charge in [0.1, 0.15) is 11.9 Å². The molecule has 1 heterocycles. The fraction of sp³-hybridized carbons (Fsp3) is 0.188. The number of hydrogen-bond donors (Lipinski definition) is 1. The maximum absolute atomic E-state index is 10.7. The van der Waals surface area contributed by atoms with Crippen molar-refractivity contribution in [3.63, 3.8) is 0 Å². The first-order valence-electron chi connectivity index (χ1n) is 6.93. The van der Waals surface area contributed by atoms with Crippen molar-refractivity contribution in [1.82, 2.24) is 9.55 Å². The number of rotatable bonds is 4. The molecule has 0 saturated carbocycles. The average molecular weight is 297 g/mol. The third-order valence-corrected chi connectivity index (χ3v) is 3.55. The van der Waals surface area contributed by atoms with Crippen molar-refractivity contribution in [2.75, 3.05) is 0 Å². The fourth-order valence-corrected chi connectivity index (χ4v) is 2.48. The van der Waals surface area contributed by atoms with Crippen LogP contribution in [0.1, 0.15) is 24.4 Å². The Morgan fingerprint density at radius 1 is 1.23 bits per heavy atom. The predicted octanol–water partition coefficient (Wildman–Crippen LogP) is 3.05. The summed E-state index contributed by atoms with van der Waals surface area (Å²) in [6.45, 7) is 2.17. The van der Waals surface area contributed by atoms with Crippen molar-refractivity contribution in [1.29, 1.82) is 0 Å². The molecular weight excluding hydrogens is 282 g/mol. The van der Waals surface area contributed by atoms with Crippen molar-refractivity contribution < 1.29 is 10.0 Å². The Hall–Kier alpha value is -2.73. The monoisotopic (exact) mass is 297 g/mol. The van der Waals surface area contributed by atoms with Crippen LogP contribution in [0.2, 0.25) is 0 Å². The van der Waals surface area contributed by atoms with Gasteiger partial charge in [-0.15, -0.1) is 0 Å². The summed E-state index contributed by atoms with van der Waals surface area (Å²) < 4.78 is 1.93. The van der Waals surface area contributed by atoms with Crippen LogP contribution < -0.4 is 0 Å². The van der Waals surface area contributed by atoms with E-state index in [4.69, 9.17) is 0 Å². The Kier molecular flexibility index (Phi) is 3.60. The minimum absolute atomic E-state index is 0.0648. The van der Waals surface area contributed by atoms with Gasteiger partial charge in [-0.3, -0.25) is 10.1 Å². The molecule has 0 saturated heterocycles. The lowest BCUT2D eigenvalue weighted by molar-refractivity contribution is -0.384. The topological polar surface area (TPSA) is 81.2 Å². The van der Waals surface area contributed by atoms with E-state index in [1.54, 1.807) is 19.1 Å². The van der Waals surface area contributed by atoms with E-state index in [1.165, 1.54) is 12.1 Å². The summed E-state index contributed by atoms with van der Waals surface area (Å²) in [5, 5.41) is 20.6. The molecule has 1 atom stereocenters. The van der Waals surface area contributed by atoms with E-state index in [9.17, 15) is 15.2 Å². The molecule has 0 fully saturated rings. The molecule has 0 aliphatic rings. The summed E-state index contributed by atoms with van der Waals surface area (Å²) in [4.78, 5) is 14.7. The van der Waals surface area contributed by atoms with Gasteiger partial charge in [0.2, 0.25) is 0 Å². The molecule has 6 heteroatoms. The lowest BCUT2D eigenvalue weighted by atomic mass is 10.2. The first-order chi connectivity index (χ1) is 10.6. The Bertz CT molecular complexity index is 822. The van der Waals surface area contributed by atoms with Crippen LogP contribution in [0.3, 0.4) is 0 Å². The summed E-state index contributed by atoms with van der Waals surface area (Å²) in [5.74, 6) is 0.583. The Balaban J connectivity index is 2.02. The largest absolute Gasteiger partial charge is 0.385 e. The Morgan fingerprint density at radius 3 is 2.55 bits per heavy atom. The van der Waals surface area contributed by atoms with E-state index in [-0.39, 0.29) is 5.69 Å². The smallest absolute Gasteiger partial charge is 0.269 e. The summed E-state index contributed by atoms with van der Waals surface area (Å²) in [7, 11) is 0. The van der Waals surface area contributed by atoms with Crippen LogP contribution in [0.4, 0.5) is 5.69 Å². The van der Waals surface area contributed by atoms with Crippen LogP contribution in [-0.4, -0.2) is 19.6 Å². The highest BCUT2D eigenvalue weighted by atomic mass is 16.6. The number of nitrogens with zero attached hydrogens (tertiary/aromatic N) is 3. The van der Waals surface area contributed by atoms with Crippen LogP contribution in [-0.2, 0) is 6.54 Å². The van der Waals surface area contributed by atoms with Crippen molar-refractivity contribution in [3.8, 4) is 0 Å². The quantitative estimate of drug-likeness (QED) is 0.593. The summed E-state index contributed by atoms with van der Waals surface area (Å²) in [6, 6.07) is 14.1. The molecule has 3 rings (SSSR count). The molecule has 0 bridgehead atoms. The molecule has 0 radical (unpaired) electrons. The normalized spacial score (nSPS) is 12.5. The van der Waals surface area contributed by atoms with Crippen LogP contribution in [0.5, 0.6) is 0 Å². The number of aliphatic hydroxyl groups excluding tert-OH is 1. The van der Waals surface area contributed by atoms with Crippen molar-refractivity contribution in [3.05, 3.63) is 70.0 Å². The lowest BCUT2D eigenvalue weighted by Gasteiger charge is -2.11. The fourth-order valence-electron chi connectivity index (χ4n) is 2.48. The molecule has 0 spiro atoms. The van der Waals surface area contributed by atoms with Crippen molar-refractivity contribution >= 4 is 16.7 Å². The average Bonchev–Trinajstić information content (AvgIpc) is 2.87. The van der Waals surface area contributed by atoms with Gasteiger partial charge in [-0.25, -0.2) is 4.98 Å². The molecule has 112 valence electrons. The summed E-state index contributed by atoms with van der Waals surface area (Å²) in [5.41, 5.74) is 2.72. The van der Waals surface area contributed by atoms with E-state index in [2.05, 4.69) is 4.98 Å². The molecule has 3 aromatic rings. The number of benzene rings is 2. The number of imidazole rings is 1. The molecule has 0 unspecified atom stereocenters. The maximum Gasteiger partial charge on any atom is 0.269 e. The number of aliphatic hydroxyl groups is 1. The highest BCUT2D eigenvalue weighted by molar-refractivity contribution is 5.76. The number of non-ortho nitro benzene ring substituents is 1. The molecular formula is C16H15N3O3. The van der Waals surface area contributed by atoms with Gasteiger partial charge >= 0.3 is 0 Å². The van der Waals surface area contributed by atoms with Gasteiger partial charge < -0.3 is 9.67 Å². The zero-order valence-corrected chi connectivity index (χ0v) is 12.0. The van der Waals surface area contributed by atoms with E-state index in [0.717, 1.165) is 16.6 Å².